The molecular weight excluding hydrogens is 1090 g/mol. The summed E-state index contributed by atoms with van der Waals surface area (Å²) in [6, 6.07) is 0. The molecule has 2 rings (SSSR count). The van der Waals surface area contributed by atoms with E-state index < -0.39 is 0 Å². The van der Waals surface area contributed by atoms with Gasteiger partial charge < -0.3 is 40.1 Å². The lowest BCUT2D eigenvalue weighted by Gasteiger charge is -2.30. The average Bonchev–Trinajstić information content (AvgIpc) is 3.31. The Morgan fingerprint density at radius 2 is 0.807 bits per heavy atom. The van der Waals surface area contributed by atoms with Gasteiger partial charge in [-0.15, -0.1) is 0 Å². The van der Waals surface area contributed by atoms with Crippen LogP contribution in [0, 0.1) is 50.2 Å². The van der Waals surface area contributed by atoms with Crippen molar-refractivity contribution >= 4 is 23.0 Å². The van der Waals surface area contributed by atoms with Gasteiger partial charge in [-0.1, -0.05) is 170 Å². The highest BCUT2D eigenvalue weighted by Gasteiger charge is 2.36. The van der Waals surface area contributed by atoms with Gasteiger partial charge in [0.25, 0.3) is 0 Å². The number of unbranched alkanes of at least 4 members (excludes halogenated alkanes) is 5. The first kappa shape index (κ1) is 81.6. The molecule has 0 aliphatic heterocycles. The molecule has 0 saturated heterocycles. The zero-order chi connectivity index (χ0) is 66.0. The highest BCUT2D eigenvalue weighted by atomic mass is 16.5. The molecule has 0 radical (unpaired) electrons. The fourth-order valence-electron chi connectivity index (χ4n) is 12.2. The SMILES string of the molecule is CCCN(CCN=C(CCCCCCCCC(=NCCN(CCNCCC(C)(C)CCOCCC(C)(C)CCC(C)C)CCC(C)C)C1=C(O)CC(C)(C)CC1=O)C1=C(O)CC(C)(C)CC1=O)CCNCCC(C)(C)CCOCCC(C)(C)CCC(C)C. The van der Waals surface area contributed by atoms with Gasteiger partial charge in [0.15, 0.2) is 11.6 Å². The van der Waals surface area contributed by atoms with Crippen LogP contribution in [0.5, 0.6) is 0 Å². The second kappa shape index (κ2) is 42.0. The van der Waals surface area contributed by atoms with Crippen LogP contribution in [0.15, 0.2) is 32.6 Å². The number of aliphatic hydroxyl groups excluding tert-OH is 2. The van der Waals surface area contributed by atoms with E-state index in [9.17, 15) is 19.8 Å². The molecule has 0 atom stereocenters. The molecule has 2 aliphatic carbocycles. The van der Waals surface area contributed by atoms with Gasteiger partial charge in [-0.2, -0.15) is 0 Å². The van der Waals surface area contributed by atoms with Crippen LogP contribution < -0.4 is 10.6 Å². The lowest BCUT2D eigenvalue weighted by molar-refractivity contribution is -0.118. The van der Waals surface area contributed by atoms with E-state index in [2.05, 4.69) is 152 Å². The zero-order valence-corrected chi connectivity index (χ0v) is 61.3. The lowest BCUT2D eigenvalue weighted by atomic mass is 9.75. The van der Waals surface area contributed by atoms with Gasteiger partial charge in [0.1, 0.15) is 11.5 Å². The van der Waals surface area contributed by atoms with Crippen LogP contribution in [0.1, 0.15) is 286 Å². The van der Waals surface area contributed by atoms with Crippen LogP contribution in [0.4, 0.5) is 0 Å². The number of carbonyl (C=O) groups is 2. The monoisotopic (exact) mass is 1240 g/mol. The minimum absolute atomic E-state index is 0.0154. The number of Topliss-reactive ketones (excluding diaryl/α,β-unsaturated/α-hetero) is 2. The van der Waals surface area contributed by atoms with E-state index >= 15 is 0 Å². The topological polar surface area (TPSA) is 148 Å². The zero-order valence-electron chi connectivity index (χ0n) is 61.3. The number of ketones is 2. The standard InChI is InChI=1S/C76H144N6O6/c1-20-46-81(48-42-77-40-34-73(12,13)38-54-87-52-36-71(8,9)32-29-60(2)3)50-44-79-63(69-65(83)56-75(16,17)57-66(69)84)27-25-23-21-22-24-26-28-64(70-67(85)58-76(18,19)59-68(70)86)80-45-51-82(47-31-62(6)7)49-43-78-41-35-74(14,15)39-55-88-53-37-72(10,11)33-30-61(4)5/h60-62,77-78,83,85H,20-59H2,1-19H3. The molecule has 514 valence electrons. The maximum Gasteiger partial charge on any atom is 0.168 e. The first-order chi connectivity index (χ1) is 41.2. The Balaban J connectivity index is 1.97. The highest BCUT2D eigenvalue weighted by molar-refractivity contribution is 6.24. The third-order valence-electron chi connectivity index (χ3n) is 19.0. The smallest absolute Gasteiger partial charge is 0.168 e. The lowest BCUT2D eigenvalue weighted by Crippen LogP contribution is -2.36. The van der Waals surface area contributed by atoms with Crippen molar-refractivity contribution in [1.29, 1.82) is 0 Å². The summed E-state index contributed by atoms with van der Waals surface area (Å²) >= 11 is 0. The predicted octanol–water partition coefficient (Wildman–Crippen LogP) is 18.0. The summed E-state index contributed by atoms with van der Waals surface area (Å²) in [6.07, 6.45) is 22.9. The van der Waals surface area contributed by atoms with Gasteiger partial charge in [-0.3, -0.25) is 19.6 Å². The van der Waals surface area contributed by atoms with E-state index in [-0.39, 0.29) is 44.7 Å². The number of aliphatic hydroxyl groups is 2. The fraction of sp³-hybridized carbons (Fsp3) is 0.895. The predicted molar refractivity (Wildman–Crippen MR) is 378 cm³/mol. The molecule has 0 aromatic heterocycles. The minimum atomic E-state index is -0.268. The molecule has 12 nitrogen and oxygen atoms in total. The average molecular weight is 1240 g/mol. The van der Waals surface area contributed by atoms with E-state index in [0.717, 1.165) is 205 Å². The molecule has 0 saturated carbocycles. The molecule has 0 fully saturated rings. The van der Waals surface area contributed by atoms with Gasteiger partial charge in [0.2, 0.25) is 0 Å². The minimum Gasteiger partial charge on any atom is -0.511 e. The molecular formula is C76H144N6O6. The molecule has 12 heteroatoms. The molecule has 0 bridgehead atoms. The second-order valence-electron chi connectivity index (χ2n) is 33.4. The summed E-state index contributed by atoms with van der Waals surface area (Å²) in [5, 5.41) is 30.2. The summed E-state index contributed by atoms with van der Waals surface area (Å²) in [6.45, 7) is 57.1. The van der Waals surface area contributed by atoms with Crippen LogP contribution in [0.25, 0.3) is 0 Å². The van der Waals surface area contributed by atoms with Crippen molar-refractivity contribution in [2.24, 2.45) is 60.2 Å². The Labute approximate surface area is 543 Å². The van der Waals surface area contributed by atoms with Gasteiger partial charge in [0, 0.05) is 103 Å². The van der Waals surface area contributed by atoms with Crippen molar-refractivity contribution in [3.05, 3.63) is 22.7 Å². The summed E-state index contributed by atoms with van der Waals surface area (Å²) in [5.74, 6) is 2.54. The van der Waals surface area contributed by atoms with Crippen LogP contribution in [0.3, 0.4) is 0 Å². The molecule has 88 heavy (non-hydrogen) atoms. The molecule has 0 amide bonds. The number of ether oxygens (including phenoxy) is 2. The number of nitrogens with one attached hydrogen (secondary N) is 2. The summed E-state index contributed by atoms with van der Waals surface area (Å²) < 4.78 is 12.3. The Morgan fingerprint density at radius 1 is 0.466 bits per heavy atom. The van der Waals surface area contributed by atoms with Crippen molar-refractivity contribution in [3.63, 3.8) is 0 Å². The number of hydrogen-bond acceptors (Lipinski definition) is 12. The van der Waals surface area contributed by atoms with Crippen LogP contribution in [0.2, 0.25) is 0 Å². The largest absolute Gasteiger partial charge is 0.511 e. The number of aliphatic imine (C=N–C) groups is 2. The molecule has 0 spiro atoms. The van der Waals surface area contributed by atoms with Crippen molar-refractivity contribution in [3.8, 4) is 0 Å². The molecule has 0 unspecified atom stereocenters. The van der Waals surface area contributed by atoms with Crippen molar-refractivity contribution in [2.45, 2.75) is 286 Å². The van der Waals surface area contributed by atoms with Gasteiger partial charge >= 0.3 is 0 Å². The molecule has 2 aliphatic rings. The van der Waals surface area contributed by atoms with Crippen LogP contribution >= 0.6 is 0 Å². The number of carbonyl (C=O) groups excluding carboxylic acids is 2. The Morgan fingerprint density at radius 3 is 1.15 bits per heavy atom. The Kier molecular flexibility index (Phi) is 38.9. The van der Waals surface area contributed by atoms with Gasteiger partial charge in [0.05, 0.1) is 24.2 Å². The first-order valence-electron chi connectivity index (χ1n) is 36.2. The van der Waals surface area contributed by atoms with Gasteiger partial charge in [-0.25, -0.2) is 0 Å². The van der Waals surface area contributed by atoms with Crippen LogP contribution in [-0.4, -0.2) is 148 Å². The molecule has 4 N–H and O–H groups in total. The summed E-state index contributed by atoms with van der Waals surface area (Å²) in [4.78, 5) is 42.7. The van der Waals surface area contributed by atoms with E-state index in [1.807, 2.05) is 0 Å². The van der Waals surface area contributed by atoms with E-state index in [1.165, 1.54) is 25.7 Å². The Bertz CT molecular complexity index is 2080. The highest BCUT2D eigenvalue weighted by Crippen LogP contribution is 2.39. The maximum absolute atomic E-state index is 13.7. The number of allylic oxidation sites excluding steroid dienone is 4. The van der Waals surface area contributed by atoms with E-state index in [1.54, 1.807) is 0 Å². The third kappa shape index (κ3) is 37.9. The van der Waals surface area contributed by atoms with Crippen LogP contribution in [-0.2, 0) is 19.1 Å². The molecule has 0 aromatic rings. The second-order valence-corrected chi connectivity index (χ2v) is 33.4. The van der Waals surface area contributed by atoms with Crippen molar-refractivity contribution in [2.75, 3.05) is 105 Å². The summed E-state index contributed by atoms with van der Waals surface area (Å²) in [5.41, 5.74) is 3.07. The van der Waals surface area contributed by atoms with Crippen molar-refractivity contribution < 1.29 is 29.3 Å². The molecule has 0 heterocycles. The van der Waals surface area contributed by atoms with Gasteiger partial charge in [-0.05, 0) is 166 Å². The molecule has 0 aromatic carbocycles. The third-order valence-corrected chi connectivity index (χ3v) is 19.0. The Hall–Kier alpha value is -2.48. The normalized spacial score (nSPS) is 16.8. The van der Waals surface area contributed by atoms with E-state index in [0.29, 0.717) is 79.5 Å². The van der Waals surface area contributed by atoms with E-state index in [4.69, 9.17) is 19.5 Å². The number of nitrogens with zero attached hydrogens (tertiary/aromatic N) is 4. The quantitative estimate of drug-likeness (QED) is 0.0343. The fourth-order valence-corrected chi connectivity index (χ4v) is 12.2. The number of rotatable bonds is 52. The maximum atomic E-state index is 13.7. The summed E-state index contributed by atoms with van der Waals surface area (Å²) in [7, 11) is 0. The van der Waals surface area contributed by atoms with Crippen molar-refractivity contribution in [1.82, 2.24) is 20.4 Å². The number of hydrogen-bond donors (Lipinski definition) is 4. The first-order valence-corrected chi connectivity index (χ1v) is 36.2.